The number of ether oxygens (including phenoxy) is 1. The molecule has 2 fully saturated rings. The van der Waals surface area contributed by atoms with Crippen LogP contribution in [0.2, 0.25) is 0 Å². The number of morpholine rings is 1. The van der Waals surface area contributed by atoms with Gasteiger partial charge in [0.15, 0.2) is 0 Å². The Morgan fingerprint density at radius 1 is 1.11 bits per heavy atom. The third kappa shape index (κ3) is 6.30. The van der Waals surface area contributed by atoms with Crippen LogP contribution in [0.5, 0.6) is 0 Å². The summed E-state index contributed by atoms with van der Waals surface area (Å²) in [6.07, 6.45) is 5.85. The molecular weight excluding hydrogens is 366 g/mol. The minimum absolute atomic E-state index is 0.297. The predicted octanol–water partition coefficient (Wildman–Crippen LogP) is 5.23. The molecule has 1 saturated carbocycles. The number of nitrogens with zero attached hydrogens (tertiary/aromatic N) is 1. The minimum Gasteiger partial charge on any atom is -0.385 e. The van der Waals surface area contributed by atoms with Crippen molar-refractivity contribution >= 4 is 23.3 Å². The number of aryl methyl sites for hydroxylation is 1. The van der Waals surface area contributed by atoms with Gasteiger partial charge in [-0.15, -0.1) is 0 Å². The summed E-state index contributed by atoms with van der Waals surface area (Å²) in [4.78, 5) is 2.46. The molecule has 4 nitrogen and oxygen atoms in total. The lowest BCUT2D eigenvalue weighted by atomic mass is 9.86. The highest BCUT2D eigenvalue weighted by molar-refractivity contribution is 7.98. The summed E-state index contributed by atoms with van der Waals surface area (Å²) < 4.78 is 9.52. The van der Waals surface area contributed by atoms with Crippen LogP contribution in [0.3, 0.4) is 0 Å². The number of anilines is 2. The van der Waals surface area contributed by atoms with E-state index in [4.69, 9.17) is 4.74 Å². The van der Waals surface area contributed by atoms with Gasteiger partial charge in [-0.3, -0.25) is 4.72 Å². The summed E-state index contributed by atoms with van der Waals surface area (Å²) in [6.45, 7) is 14.1. The van der Waals surface area contributed by atoms with Gasteiger partial charge < -0.3 is 15.0 Å². The lowest BCUT2D eigenvalue weighted by Gasteiger charge is -2.37. The molecular formula is C23H39N3OS. The first kappa shape index (κ1) is 21.8. The maximum Gasteiger partial charge on any atom is 0.0726 e. The van der Waals surface area contributed by atoms with Crippen molar-refractivity contribution in [2.24, 2.45) is 5.92 Å². The molecule has 1 aromatic rings. The van der Waals surface area contributed by atoms with Crippen molar-refractivity contribution in [1.29, 1.82) is 0 Å². The second-order valence-corrected chi connectivity index (χ2v) is 10.5. The number of nitrogens with one attached hydrogen (secondary N) is 2. The molecule has 0 unspecified atom stereocenters. The van der Waals surface area contributed by atoms with Gasteiger partial charge in [-0.25, -0.2) is 0 Å². The molecule has 2 atom stereocenters. The van der Waals surface area contributed by atoms with E-state index in [-0.39, 0.29) is 0 Å². The number of hydrogen-bond acceptors (Lipinski definition) is 5. The van der Waals surface area contributed by atoms with Crippen LogP contribution in [-0.2, 0) is 4.74 Å². The second kappa shape index (κ2) is 10.2. The van der Waals surface area contributed by atoms with Crippen LogP contribution in [0.15, 0.2) is 18.2 Å². The predicted molar refractivity (Wildman–Crippen MR) is 123 cm³/mol. The third-order valence-electron chi connectivity index (χ3n) is 5.89. The van der Waals surface area contributed by atoms with Crippen LogP contribution in [0, 0.1) is 12.8 Å². The number of benzene rings is 1. The first-order chi connectivity index (χ1) is 13.4. The molecule has 1 aliphatic carbocycles. The van der Waals surface area contributed by atoms with Crippen molar-refractivity contribution in [1.82, 2.24) is 4.72 Å². The quantitative estimate of drug-likeness (QED) is 0.608. The van der Waals surface area contributed by atoms with Crippen LogP contribution in [-0.4, -0.2) is 43.1 Å². The first-order valence-electron chi connectivity index (χ1n) is 11.1. The van der Waals surface area contributed by atoms with Crippen molar-refractivity contribution in [3.63, 3.8) is 0 Å². The fraction of sp³-hybridized carbons (Fsp3) is 0.739. The van der Waals surface area contributed by atoms with E-state index >= 15 is 0 Å². The molecule has 158 valence electrons. The standard InChI is InChI=1S/C23H39N3OS/c1-16(2)28-25-21-8-6-20(7-9-21)13-24-23-11-10-22(12-17(23)3)26-14-18(4)27-19(5)15-26/h10-12,16,18-21,24-25H,6-9,13-15H2,1-5H3/t18-,19+,20?,21?. The zero-order chi connectivity index (χ0) is 20.1. The van der Waals surface area contributed by atoms with Crippen LogP contribution in [0.1, 0.15) is 58.9 Å². The van der Waals surface area contributed by atoms with Crippen molar-refractivity contribution in [2.75, 3.05) is 29.9 Å². The van der Waals surface area contributed by atoms with E-state index in [9.17, 15) is 0 Å². The molecule has 1 aromatic carbocycles. The Labute approximate surface area is 176 Å². The van der Waals surface area contributed by atoms with Gasteiger partial charge in [0.1, 0.15) is 0 Å². The summed E-state index contributed by atoms with van der Waals surface area (Å²) >= 11 is 1.89. The Bertz CT molecular complexity index is 606. The van der Waals surface area contributed by atoms with E-state index in [0.29, 0.717) is 23.5 Å². The van der Waals surface area contributed by atoms with Gasteiger partial charge in [-0.1, -0.05) is 25.8 Å². The molecule has 1 saturated heterocycles. The van der Waals surface area contributed by atoms with Gasteiger partial charge >= 0.3 is 0 Å². The monoisotopic (exact) mass is 405 g/mol. The summed E-state index contributed by atoms with van der Waals surface area (Å²) in [5.41, 5.74) is 3.95. The van der Waals surface area contributed by atoms with E-state index in [1.165, 1.54) is 42.6 Å². The Hall–Kier alpha value is -0.910. The molecule has 1 heterocycles. The molecule has 28 heavy (non-hydrogen) atoms. The zero-order valence-corrected chi connectivity index (χ0v) is 19.1. The van der Waals surface area contributed by atoms with Crippen LogP contribution in [0.4, 0.5) is 11.4 Å². The van der Waals surface area contributed by atoms with Crippen LogP contribution < -0.4 is 14.9 Å². The minimum atomic E-state index is 0.297. The average Bonchev–Trinajstić information content (AvgIpc) is 2.65. The van der Waals surface area contributed by atoms with Crippen molar-refractivity contribution in [3.05, 3.63) is 23.8 Å². The molecule has 3 rings (SSSR count). The Kier molecular flexibility index (Phi) is 7.95. The molecule has 0 aromatic heterocycles. The van der Waals surface area contributed by atoms with Gasteiger partial charge in [0, 0.05) is 42.3 Å². The molecule has 0 bridgehead atoms. The summed E-state index contributed by atoms with van der Waals surface area (Å²) in [5.74, 6) is 0.794. The fourth-order valence-electron chi connectivity index (χ4n) is 4.40. The van der Waals surface area contributed by atoms with Gasteiger partial charge in [-0.05, 0) is 76.1 Å². The largest absolute Gasteiger partial charge is 0.385 e. The van der Waals surface area contributed by atoms with Crippen molar-refractivity contribution in [2.45, 2.75) is 83.8 Å². The van der Waals surface area contributed by atoms with Crippen LogP contribution in [0.25, 0.3) is 0 Å². The maximum absolute atomic E-state index is 5.87. The van der Waals surface area contributed by atoms with Crippen LogP contribution >= 0.6 is 11.9 Å². The highest BCUT2D eigenvalue weighted by atomic mass is 32.2. The van der Waals surface area contributed by atoms with Gasteiger partial charge in [-0.2, -0.15) is 0 Å². The Morgan fingerprint density at radius 3 is 2.39 bits per heavy atom. The smallest absolute Gasteiger partial charge is 0.0726 e. The maximum atomic E-state index is 5.87. The van der Waals surface area contributed by atoms with Crippen molar-refractivity contribution < 1.29 is 4.74 Å². The Balaban J connectivity index is 1.47. The number of hydrogen-bond donors (Lipinski definition) is 2. The first-order valence-corrected chi connectivity index (χ1v) is 11.9. The van der Waals surface area contributed by atoms with E-state index in [1.807, 2.05) is 11.9 Å². The fourth-order valence-corrected chi connectivity index (χ4v) is 5.10. The summed E-state index contributed by atoms with van der Waals surface area (Å²) in [7, 11) is 0. The molecule has 5 heteroatoms. The zero-order valence-electron chi connectivity index (χ0n) is 18.3. The van der Waals surface area contributed by atoms with E-state index < -0.39 is 0 Å². The average molecular weight is 406 g/mol. The van der Waals surface area contributed by atoms with Gasteiger partial charge in [0.05, 0.1) is 12.2 Å². The highest BCUT2D eigenvalue weighted by Crippen LogP contribution is 2.29. The lowest BCUT2D eigenvalue weighted by molar-refractivity contribution is -0.00521. The van der Waals surface area contributed by atoms with Gasteiger partial charge in [0.25, 0.3) is 0 Å². The summed E-state index contributed by atoms with van der Waals surface area (Å²) in [6, 6.07) is 7.56. The van der Waals surface area contributed by atoms with E-state index in [0.717, 1.165) is 25.6 Å². The molecule has 0 amide bonds. The molecule has 2 N–H and O–H groups in total. The SMILES string of the molecule is Cc1cc(N2C[C@@H](C)O[C@@H](C)C2)ccc1NCC1CCC(NSC(C)C)CC1. The van der Waals surface area contributed by atoms with Crippen molar-refractivity contribution in [3.8, 4) is 0 Å². The third-order valence-corrected chi connectivity index (χ3v) is 6.83. The van der Waals surface area contributed by atoms with E-state index in [1.54, 1.807) is 0 Å². The summed E-state index contributed by atoms with van der Waals surface area (Å²) in [5, 5.41) is 4.39. The topological polar surface area (TPSA) is 36.5 Å². The second-order valence-electron chi connectivity index (χ2n) is 9.04. The molecule has 0 spiro atoms. The molecule has 0 radical (unpaired) electrons. The molecule has 1 aliphatic heterocycles. The Morgan fingerprint density at radius 2 is 1.79 bits per heavy atom. The lowest BCUT2D eigenvalue weighted by Crippen LogP contribution is -2.45. The highest BCUT2D eigenvalue weighted by Gasteiger charge is 2.23. The number of rotatable bonds is 7. The normalized spacial score (nSPS) is 28.6. The van der Waals surface area contributed by atoms with E-state index in [2.05, 4.69) is 67.8 Å². The van der Waals surface area contributed by atoms with Gasteiger partial charge in [0.2, 0.25) is 0 Å². The molecule has 2 aliphatic rings.